The second-order valence-electron chi connectivity index (χ2n) is 3.78. The number of benzene rings is 1. The van der Waals surface area contributed by atoms with Crippen LogP contribution in [0.5, 0.6) is 0 Å². The Labute approximate surface area is 112 Å². The van der Waals surface area contributed by atoms with Gasteiger partial charge in [-0.15, -0.1) is 0 Å². The fraction of sp³-hybridized carbons (Fsp3) is 0.231. The molecule has 0 aliphatic rings. The van der Waals surface area contributed by atoms with Crippen LogP contribution in [0.1, 0.15) is 18.2 Å². The van der Waals surface area contributed by atoms with E-state index in [4.69, 9.17) is 0 Å². The summed E-state index contributed by atoms with van der Waals surface area (Å²) in [5.41, 5.74) is 2.38. The molecule has 2 rings (SSSR count). The summed E-state index contributed by atoms with van der Waals surface area (Å²) in [5.74, 6) is -1.35. The zero-order chi connectivity index (χ0) is 13.1. The summed E-state index contributed by atoms with van der Waals surface area (Å²) in [6.45, 7) is 1.99. The first-order valence-corrected chi connectivity index (χ1v) is 6.64. The lowest BCUT2D eigenvalue weighted by molar-refractivity contribution is 0.509. The number of halogens is 3. The van der Waals surface area contributed by atoms with Crippen LogP contribution in [0, 0.1) is 11.6 Å². The van der Waals surface area contributed by atoms with Gasteiger partial charge in [0.25, 0.3) is 0 Å². The lowest BCUT2D eigenvalue weighted by atomic mass is 10.1. The molecular formula is C13H11BrF2N2. The summed E-state index contributed by atoms with van der Waals surface area (Å²) < 4.78 is 26.0. The third-order valence-electron chi connectivity index (χ3n) is 2.61. The first-order valence-electron chi connectivity index (χ1n) is 5.52. The van der Waals surface area contributed by atoms with Crippen molar-refractivity contribution in [1.82, 2.24) is 9.97 Å². The second kappa shape index (κ2) is 5.52. The fourth-order valence-corrected chi connectivity index (χ4v) is 2.10. The lowest BCUT2D eigenvalue weighted by Gasteiger charge is -2.06. The van der Waals surface area contributed by atoms with E-state index in [-0.39, 0.29) is 0 Å². The van der Waals surface area contributed by atoms with E-state index in [2.05, 4.69) is 25.9 Å². The fourth-order valence-electron chi connectivity index (χ4n) is 1.63. The van der Waals surface area contributed by atoms with E-state index in [1.54, 1.807) is 6.20 Å². The van der Waals surface area contributed by atoms with Gasteiger partial charge in [-0.2, -0.15) is 0 Å². The van der Waals surface area contributed by atoms with E-state index in [9.17, 15) is 8.78 Å². The van der Waals surface area contributed by atoms with Crippen LogP contribution in [0.15, 0.2) is 24.4 Å². The smallest absolute Gasteiger partial charge is 0.159 e. The SMILES string of the molecule is CCc1nc(-c2ccc(F)c(F)c2)ncc1CBr. The van der Waals surface area contributed by atoms with Gasteiger partial charge in [-0.25, -0.2) is 18.7 Å². The van der Waals surface area contributed by atoms with E-state index >= 15 is 0 Å². The first-order chi connectivity index (χ1) is 8.65. The van der Waals surface area contributed by atoms with Gasteiger partial charge in [0.15, 0.2) is 17.5 Å². The Bertz CT molecular complexity index is 573. The van der Waals surface area contributed by atoms with Gasteiger partial charge in [-0.3, -0.25) is 0 Å². The van der Waals surface area contributed by atoms with Crippen LogP contribution in [0.2, 0.25) is 0 Å². The quantitative estimate of drug-likeness (QED) is 0.804. The molecule has 0 amide bonds. The number of hydrogen-bond donors (Lipinski definition) is 0. The van der Waals surface area contributed by atoms with Crippen LogP contribution < -0.4 is 0 Å². The molecule has 94 valence electrons. The van der Waals surface area contributed by atoms with Gasteiger partial charge >= 0.3 is 0 Å². The summed E-state index contributed by atoms with van der Waals surface area (Å²) in [5, 5.41) is 0.675. The molecule has 0 fully saturated rings. The van der Waals surface area contributed by atoms with E-state index in [0.29, 0.717) is 16.7 Å². The molecule has 0 radical (unpaired) electrons. The van der Waals surface area contributed by atoms with Crippen LogP contribution >= 0.6 is 15.9 Å². The highest BCUT2D eigenvalue weighted by Crippen LogP contribution is 2.20. The Morgan fingerprint density at radius 3 is 2.61 bits per heavy atom. The number of hydrogen-bond acceptors (Lipinski definition) is 2. The van der Waals surface area contributed by atoms with Crippen molar-refractivity contribution < 1.29 is 8.78 Å². The average Bonchev–Trinajstić information content (AvgIpc) is 2.41. The van der Waals surface area contributed by atoms with Gasteiger partial charge in [0.1, 0.15) is 0 Å². The largest absolute Gasteiger partial charge is 0.236 e. The summed E-state index contributed by atoms with van der Waals surface area (Å²) in [4.78, 5) is 8.54. The van der Waals surface area contributed by atoms with Crippen LogP contribution in [0.3, 0.4) is 0 Å². The molecule has 1 aromatic heterocycles. The topological polar surface area (TPSA) is 25.8 Å². The molecule has 18 heavy (non-hydrogen) atoms. The summed E-state index contributed by atoms with van der Waals surface area (Å²) >= 11 is 3.36. The third-order valence-corrected chi connectivity index (χ3v) is 3.21. The van der Waals surface area contributed by atoms with E-state index in [1.165, 1.54) is 6.07 Å². The summed E-state index contributed by atoms with van der Waals surface area (Å²) in [6.07, 6.45) is 2.47. The Kier molecular flexibility index (Phi) is 4.01. The van der Waals surface area contributed by atoms with Crippen molar-refractivity contribution in [1.29, 1.82) is 0 Å². The maximum Gasteiger partial charge on any atom is 0.159 e. The van der Waals surface area contributed by atoms with E-state index < -0.39 is 11.6 Å². The van der Waals surface area contributed by atoms with Gasteiger partial charge in [0, 0.05) is 28.3 Å². The van der Waals surface area contributed by atoms with E-state index in [0.717, 1.165) is 29.8 Å². The van der Waals surface area contributed by atoms with Crippen LogP contribution in [-0.2, 0) is 11.8 Å². The molecule has 0 N–H and O–H groups in total. The standard InChI is InChI=1S/C13H11BrF2N2/c1-2-12-9(6-14)7-17-13(18-12)8-3-4-10(15)11(16)5-8/h3-5,7H,2,6H2,1H3. The monoisotopic (exact) mass is 312 g/mol. The van der Waals surface area contributed by atoms with Crippen molar-refractivity contribution in [2.45, 2.75) is 18.7 Å². The predicted octanol–water partition coefficient (Wildman–Crippen LogP) is 3.88. The molecule has 0 bridgehead atoms. The highest BCUT2D eigenvalue weighted by molar-refractivity contribution is 9.08. The van der Waals surface area contributed by atoms with Crippen molar-refractivity contribution in [2.24, 2.45) is 0 Å². The van der Waals surface area contributed by atoms with Crippen molar-refractivity contribution in [2.75, 3.05) is 0 Å². The van der Waals surface area contributed by atoms with Crippen molar-refractivity contribution in [3.05, 3.63) is 47.3 Å². The van der Waals surface area contributed by atoms with Crippen LogP contribution in [0.25, 0.3) is 11.4 Å². The minimum atomic E-state index is -0.890. The molecule has 0 aliphatic heterocycles. The first kappa shape index (κ1) is 13.1. The molecule has 0 unspecified atom stereocenters. The molecule has 1 aromatic carbocycles. The molecule has 0 spiro atoms. The van der Waals surface area contributed by atoms with Gasteiger partial charge in [-0.1, -0.05) is 22.9 Å². The predicted molar refractivity (Wildman–Crippen MR) is 69.4 cm³/mol. The number of alkyl halides is 1. The van der Waals surface area contributed by atoms with Crippen LogP contribution in [-0.4, -0.2) is 9.97 Å². The Morgan fingerprint density at radius 2 is 2.00 bits per heavy atom. The minimum Gasteiger partial charge on any atom is -0.236 e. The molecule has 0 saturated carbocycles. The zero-order valence-electron chi connectivity index (χ0n) is 9.75. The van der Waals surface area contributed by atoms with Crippen molar-refractivity contribution >= 4 is 15.9 Å². The van der Waals surface area contributed by atoms with Crippen molar-refractivity contribution in [3.8, 4) is 11.4 Å². The molecule has 2 nitrogen and oxygen atoms in total. The minimum absolute atomic E-state index is 0.412. The lowest BCUT2D eigenvalue weighted by Crippen LogP contribution is -1.99. The van der Waals surface area contributed by atoms with E-state index in [1.807, 2.05) is 6.92 Å². The third kappa shape index (κ3) is 2.56. The molecule has 2 aromatic rings. The summed E-state index contributed by atoms with van der Waals surface area (Å²) in [7, 11) is 0. The van der Waals surface area contributed by atoms with Gasteiger partial charge in [0.2, 0.25) is 0 Å². The second-order valence-corrected chi connectivity index (χ2v) is 4.34. The van der Waals surface area contributed by atoms with Gasteiger partial charge < -0.3 is 0 Å². The Morgan fingerprint density at radius 1 is 1.22 bits per heavy atom. The van der Waals surface area contributed by atoms with Crippen molar-refractivity contribution in [3.63, 3.8) is 0 Å². The maximum absolute atomic E-state index is 13.2. The molecule has 5 heteroatoms. The maximum atomic E-state index is 13.2. The molecular weight excluding hydrogens is 302 g/mol. The average molecular weight is 313 g/mol. The van der Waals surface area contributed by atoms with Crippen LogP contribution in [0.4, 0.5) is 8.78 Å². The number of aromatic nitrogens is 2. The molecule has 0 aliphatic carbocycles. The zero-order valence-corrected chi connectivity index (χ0v) is 11.3. The number of nitrogens with zero attached hydrogens (tertiary/aromatic N) is 2. The molecule has 1 heterocycles. The Balaban J connectivity index is 2.47. The van der Waals surface area contributed by atoms with Gasteiger partial charge in [0.05, 0.1) is 0 Å². The highest BCUT2D eigenvalue weighted by Gasteiger charge is 2.09. The number of rotatable bonds is 3. The molecule has 0 atom stereocenters. The normalized spacial score (nSPS) is 10.7. The number of aryl methyl sites for hydroxylation is 1. The molecule has 0 saturated heterocycles. The van der Waals surface area contributed by atoms with Gasteiger partial charge in [-0.05, 0) is 24.6 Å². The highest BCUT2D eigenvalue weighted by atomic mass is 79.9. The summed E-state index contributed by atoms with van der Waals surface area (Å²) in [6, 6.07) is 3.66. The Hall–Kier alpha value is -1.36.